The highest BCUT2D eigenvalue weighted by atomic mass is 16.5. The summed E-state index contributed by atoms with van der Waals surface area (Å²) in [6, 6.07) is 15.9. The summed E-state index contributed by atoms with van der Waals surface area (Å²) in [4.78, 5) is 28.4. The van der Waals surface area contributed by atoms with Crippen LogP contribution in [-0.4, -0.2) is 85.2 Å². The van der Waals surface area contributed by atoms with E-state index in [9.17, 15) is 14.7 Å². The number of carbonyl (C=O) groups excluding carboxylic acids is 2. The molecule has 0 saturated carbocycles. The van der Waals surface area contributed by atoms with Crippen molar-refractivity contribution in [3.8, 4) is 11.8 Å². The van der Waals surface area contributed by atoms with Gasteiger partial charge in [0.05, 0.1) is 11.6 Å². The molecule has 9 heteroatoms. The molecular formula is C28H35N5O4. The molecule has 2 amide bonds. The lowest BCUT2D eigenvalue weighted by Gasteiger charge is -2.46. The summed E-state index contributed by atoms with van der Waals surface area (Å²) in [5, 5.41) is 25.1. The molecule has 2 heterocycles. The molecule has 2 aromatic rings. The van der Waals surface area contributed by atoms with Crippen LogP contribution in [0.3, 0.4) is 0 Å². The van der Waals surface area contributed by atoms with Crippen molar-refractivity contribution in [2.24, 2.45) is 11.8 Å². The Balaban J connectivity index is 1.15. The number of aliphatic hydroxyl groups excluding tert-OH is 1. The summed E-state index contributed by atoms with van der Waals surface area (Å²) in [5.41, 5.74) is 1.82. The molecule has 196 valence electrons. The number of hydrogen-bond donors (Lipinski definition) is 3. The first-order valence-electron chi connectivity index (χ1n) is 12.8. The number of carbonyl (C=O) groups is 2. The number of likely N-dealkylation sites (tertiary alicyclic amines) is 2. The fraction of sp³-hybridized carbons (Fsp3) is 0.464. The molecule has 0 aromatic heterocycles. The molecule has 3 unspecified atom stereocenters. The molecule has 0 spiro atoms. The van der Waals surface area contributed by atoms with Gasteiger partial charge in [0.1, 0.15) is 18.5 Å². The fourth-order valence-electron chi connectivity index (χ4n) is 5.33. The van der Waals surface area contributed by atoms with Gasteiger partial charge in [-0.25, -0.2) is 0 Å². The second-order valence-electron chi connectivity index (χ2n) is 10.1. The number of nitrogens with zero attached hydrogens (tertiary/aromatic N) is 3. The number of rotatable bonds is 10. The first-order valence-corrected chi connectivity index (χ1v) is 12.8. The molecule has 2 aliphatic rings. The maximum Gasteiger partial charge on any atom is 0.251 e. The maximum atomic E-state index is 12.5. The standard InChI is InChI=1S/C28H35N5O4/c1-20(34)31-25-6-4-24(5-7-25)28(36)30-10-11-32-14-22-12-23(15-32)17-33(16-22)18-26(35)19-37-27-8-2-21(13-29)3-9-27/h2-9,22-23,26,35H,10-12,14-19H2,1H3,(H,30,36)(H,31,34). The number of aliphatic hydroxyl groups is 1. The van der Waals surface area contributed by atoms with Gasteiger partial charge < -0.3 is 25.4 Å². The number of fused-ring (bicyclic) bond motifs is 2. The quantitative estimate of drug-likeness (QED) is 0.452. The Morgan fingerprint density at radius 3 is 2.32 bits per heavy atom. The number of amides is 2. The van der Waals surface area contributed by atoms with Gasteiger partial charge in [-0.2, -0.15) is 5.26 Å². The molecule has 2 aliphatic heterocycles. The minimum atomic E-state index is -0.576. The van der Waals surface area contributed by atoms with Crippen molar-refractivity contribution in [2.45, 2.75) is 19.4 Å². The first-order chi connectivity index (χ1) is 17.9. The zero-order valence-corrected chi connectivity index (χ0v) is 21.2. The second-order valence-corrected chi connectivity index (χ2v) is 10.1. The summed E-state index contributed by atoms with van der Waals surface area (Å²) in [7, 11) is 0. The third kappa shape index (κ3) is 8.02. The van der Waals surface area contributed by atoms with E-state index in [4.69, 9.17) is 10.00 Å². The van der Waals surface area contributed by atoms with E-state index in [1.807, 2.05) is 0 Å². The number of anilines is 1. The zero-order chi connectivity index (χ0) is 26.2. The third-order valence-corrected chi connectivity index (χ3v) is 6.81. The predicted molar refractivity (Wildman–Crippen MR) is 140 cm³/mol. The maximum absolute atomic E-state index is 12.5. The minimum absolute atomic E-state index is 0.116. The van der Waals surface area contributed by atoms with Crippen LogP contribution < -0.4 is 15.4 Å². The lowest BCUT2D eigenvalue weighted by Crippen LogP contribution is -2.55. The summed E-state index contributed by atoms with van der Waals surface area (Å²) < 4.78 is 5.69. The van der Waals surface area contributed by atoms with Crippen LogP contribution in [0.25, 0.3) is 0 Å². The number of piperidine rings is 2. The van der Waals surface area contributed by atoms with Crippen molar-refractivity contribution in [2.75, 3.05) is 57.7 Å². The fourth-order valence-corrected chi connectivity index (χ4v) is 5.33. The van der Waals surface area contributed by atoms with Crippen molar-refractivity contribution in [1.29, 1.82) is 5.26 Å². The Morgan fingerprint density at radius 1 is 1.05 bits per heavy atom. The van der Waals surface area contributed by atoms with Crippen molar-refractivity contribution >= 4 is 17.5 Å². The van der Waals surface area contributed by atoms with Crippen LogP contribution in [0.1, 0.15) is 29.3 Å². The van der Waals surface area contributed by atoms with E-state index < -0.39 is 6.10 Å². The lowest BCUT2D eigenvalue weighted by molar-refractivity contribution is -0.114. The first kappa shape index (κ1) is 26.6. The number of nitrogens with one attached hydrogen (secondary N) is 2. The molecular weight excluding hydrogens is 470 g/mol. The minimum Gasteiger partial charge on any atom is -0.491 e. The van der Waals surface area contributed by atoms with E-state index in [1.165, 1.54) is 13.3 Å². The number of nitriles is 1. The van der Waals surface area contributed by atoms with Gasteiger partial charge in [-0.05, 0) is 66.8 Å². The highest BCUT2D eigenvalue weighted by Crippen LogP contribution is 2.28. The van der Waals surface area contributed by atoms with Gasteiger partial charge in [0.15, 0.2) is 0 Å². The largest absolute Gasteiger partial charge is 0.491 e. The molecule has 2 bridgehead atoms. The number of ether oxygens (including phenoxy) is 1. The van der Waals surface area contributed by atoms with Crippen LogP contribution in [0.4, 0.5) is 5.69 Å². The summed E-state index contributed by atoms with van der Waals surface area (Å²) >= 11 is 0. The highest BCUT2D eigenvalue weighted by Gasteiger charge is 2.34. The topological polar surface area (TPSA) is 118 Å². The van der Waals surface area contributed by atoms with E-state index >= 15 is 0 Å². The van der Waals surface area contributed by atoms with Crippen LogP contribution >= 0.6 is 0 Å². The average Bonchev–Trinajstić information content (AvgIpc) is 2.87. The van der Waals surface area contributed by atoms with Gasteiger partial charge in [-0.1, -0.05) is 0 Å². The van der Waals surface area contributed by atoms with Crippen molar-refractivity contribution in [3.05, 3.63) is 59.7 Å². The van der Waals surface area contributed by atoms with E-state index in [1.54, 1.807) is 48.5 Å². The molecule has 0 radical (unpaired) electrons. The third-order valence-electron chi connectivity index (χ3n) is 6.81. The molecule has 9 nitrogen and oxygen atoms in total. The van der Waals surface area contributed by atoms with Gasteiger partial charge >= 0.3 is 0 Å². The zero-order valence-electron chi connectivity index (χ0n) is 21.2. The SMILES string of the molecule is CC(=O)Nc1ccc(C(=O)NCCN2CC3CC(C2)CN(CC(O)COc2ccc(C#N)cc2)C3)cc1. The van der Waals surface area contributed by atoms with E-state index in [0.29, 0.717) is 47.5 Å². The monoisotopic (exact) mass is 505 g/mol. The Hall–Kier alpha value is -3.45. The lowest BCUT2D eigenvalue weighted by atomic mass is 9.84. The smallest absolute Gasteiger partial charge is 0.251 e. The van der Waals surface area contributed by atoms with Gasteiger partial charge in [-0.3, -0.25) is 14.5 Å². The van der Waals surface area contributed by atoms with Crippen molar-refractivity contribution in [3.63, 3.8) is 0 Å². The Labute approximate surface area is 218 Å². The van der Waals surface area contributed by atoms with Gasteiger partial charge in [0.2, 0.25) is 5.91 Å². The van der Waals surface area contributed by atoms with Gasteiger partial charge in [0, 0.05) is 64.0 Å². The summed E-state index contributed by atoms with van der Waals surface area (Å²) in [6.45, 7) is 7.54. The molecule has 2 aromatic carbocycles. The second kappa shape index (κ2) is 12.7. The summed E-state index contributed by atoms with van der Waals surface area (Å²) in [5.74, 6) is 1.50. The summed E-state index contributed by atoms with van der Waals surface area (Å²) in [6.07, 6.45) is 0.630. The Kier molecular flexibility index (Phi) is 9.12. The van der Waals surface area contributed by atoms with Gasteiger partial charge in [0.25, 0.3) is 5.91 Å². The number of hydrogen-bond acceptors (Lipinski definition) is 7. The molecule has 3 atom stereocenters. The molecule has 2 fully saturated rings. The number of benzene rings is 2. The van der Waals surface area contributed by atoms with E-state index in [0.717, 1.165) is 32.7 Å². The molecule has 37 heavy (non-hydrogen) atoms. The van der Waals surface area contributed by atoms with Crippen LogP contribution in [-0.2, 0) is 4.79 Å². The average molecular weight is 506 g/mol. The Bertz CT molecular complexity index is 1090. The van der Waals surface area contributed by atoms with E-state index in [2.05, 4.69) is 26.5 Å². The molecule has 4 rings (SSSR count). The number of β-amino-alcohol motifs (C(OH)–C–C–N with tert-alkyl or cyclic N) is 1. The molecule has 0 aliphatic carbocycles. The Morgan fingerprint density at radius 2 is 1.70 bits per heavy atom. The van der Waals surface area contributed by atoms with Crippen LogP contribution in [0.2, 0.25) is 0 Å². The normalized spacial score (nSPS) is 20.5. The van der Waals surface area contributed by atoms with Crippen molar-refractivity contribution in [1.82, 2.24) is 15.1 Å². The van der Waals surface area contributed by atoms with Crippen molar-refractivity contribution < 1.29 is 19.4 Å². The molecule has 2 saturated heterocycles. The molecule has 3 N–H and O–H groups in total. The highest BCUT2D eigenvalue weighted by molar-refractivity contribution is 5.95. The van der Waals surface area contributed by atoms with E-state index in [-0.39, 0.29) is 18.4 Å². The van der Waals surface area contributed by atoms with Crippen LogP contribution in [0, 0.1) is 23.2 Å². The predicted octanol–water partition coefficient (Wildman–Crippen LogP) is 1.94. The van der Waals surface area contributed by atoms with Crippen LogP contribution in [0.15, 0.2) is 48.5 Å². The van der Waals surface area contributed by atoms with Crippen LogP contribution in [0.5, 0.6) is 5.75 Å². The van der Waals surface area contributed by atoms with Gasteiger partial charge in [-0.15, -0.1) is 0 Å².